The molecule has 0 bridgehead atoms. The zero-order valence-corrected chi connectivity index (χ0v) is 13.1. The van der Waals surface area contributed by atoms with Crippen LogP contribution in [0.3, 0.4) is 0 Å². The van der Waals surface area contributed by atoms with Gasteiger partial charge in [-0.1, -0.05) is 43.2 Å². The van der Waals surface area contributed by atoms with Crippen LogP contribution in [-0.4, -0.2) is 21.9 Å². The summed E-state index contributed by atoms with van der Waals surface area (Å²) in [5.74, 6) is 0.411. The molecule has 120 valence electrons. The number of nitrogens with zero attached hydrogens (tertiary/aromatic N) is 2. The fraction of sp³-hybridized carbons (Fsp3) is 0.389. The van der Waals surface area contributed by atoms with Crippen molar-refractivity contribution >= 4 is 11.7 Å². The summed E-state index contributed by atoms with van der Waals surface area (Å²) in [7, 11) is 0. The van der Waals surface area contributed by atoms with Crippen LogP contribution in [0.25, 0.3) is 0 Å². The molecule has 1 amide bonds. The number of hydrogen-bond acceptors (Lipinski definition) is 4. The number of hydrogen-bond donors (Lipinski definition) is 2. The van der Waals surface area contributed by atoms with Crippen molar-refractivity contribution in [2.24, 2.45) is 5.92 Å². The number of nitrogens with two attached hydrogens (primary N) is 1. The van der Waals surface area contributed by atoms with E-state index in [0.29, 0.717) is 5.92 Å². The molecule has 3 rings (SSSR count). The Morgan fingerprint density at radius 2 is 1.87 bits per heavy atom. The van der Waals surface area contributed by atoms with Crippen molar-refractivity contribution in [2.45, 2.75) is 38.1 Å². The highest BCUT2D eigenvalue weighted by atomic mass is 16.2. The summed E-state index contributed by atoms with van der Waals surface area (Å²) in [5, 5.41) is 3.12. The van der Waals surface area contributed by atoms with Gasteiger partial charge in [0, 0.05) is 18.4 Å². The molecule has 1 aliphatic carbocycles. The van der Waals surface area contributed by atoms with Crippen molar-refractivity contribution in [3.8, 4) is 0 Å². The standard InChI is InChI=1S/C18H22N4O/c19-17-16(20-10-11-21-17)18(23)22-15-9-5-4-8-14(15)12-13-6-2-1-3-7-13/h1-3,6-7,10-11,14-15H,4-5,8-9,12H2,(H2,19,21)(H,22,23). The van der Waals surface area contributed by atoms with Crippen LogP contribution in [0.4, 0.5) is 5.82 Å². The quantitative estimate of drug-likeness (QED) is 0.909. The second-order valence-electron chi connectivity index (χ2n) is 6.10. The monoisotopic (exact) mass is 310 g/mol. The number of carbonyl (C=O) groups excluding carboxylic acids is 1. The molecule has 0 saturated heterocycles. The molecule has 1 fully saturated rings. The number of aromatic nitrogens is 2. The number of anilines is 1. The highest BCUT2D eigenvalue weighted by molar-refractivity contribution is 5.96. The molecule has 0 radical (unpaired) electrons. The highest BCUT2D eigenvalue weighted by Gasteiger charge is 2.27. The van der Waals surface area contributed by atoms with E-state index in [2.05, 4.69) is 39.6 Å². The van der Waals surface area contributed by atoms with Crippen molar-refractivity contribution < 1.29 is 4.79 Å². The minimum absolute atomic E-state index is 0.165. The average Bonchev–Trinajstić information content (AvgIpc) is 2.58. The van der Waals surface area contributed by atoms with Crippen LogP contribution in [0.5, 0.6) is 0 Å². The molecule has 1 aromatic carbocycles. The summed E-state index contributed by atoms with van der Waals surface area (Å²) >= 11 is 0. The lowest BCUT2D eigenvalue weighted by Gasteiger charge is -2.32. The van der Waals surface area contributed by atoms with E-state index in [9.17, 15) is 4.79 Å². The maximum Gasteiger partial charge on any atom is 0.273 e. The zero-order valence-electron chi connectivity index (χ0n) is 13.1. The summed E-state index contributed by atoms with van der Waals surface area (Å²) in [4.78, 5) is 20.4. The van der Waals surface area contributed by atoms with E-state index >= 15 is 0 Å². The van der Waals surface area contributed by atoms with Crippen LogP contribution < -0.4 is 11.1 Å². The molecule has 1 aromatic heterocycles. The van der Waals surface area contributed by atoms with Crippen LogP contribution in [0, 0.1) is 5.92 Å². The zero-order chi connectivity index (χ0) is 16.1. The van der Waals surface area contributed by atoms with Crippen molar-refractivity contribution in [1.29, 1.82) is 0 Å². The molecule has 2 aromatic rings. The lowest BCUT2D eigenvalue weighted by Crippen LogP contribution is -2.43. The number of nitrogen functional groups attached to an aromatic ring is 1. The molecule has 3 N–H and O–H groups in total. The Hall–Kier alpha value is -2.43. The van der Waals surface area contributed by atoms with Crippen molar-refractivity contribution in [2.75, 3.05) is 5.73 Å². The van der Waals surface area contributed by atoms with Crippen molar-refractivity contribution in [3.63, 3.8) is 0 Å². The number of nitrogens with one attached hydrogen (secondary N) is 1. The molecule has 5 nitrogen and oxygen atoms in total. The third kappa shape index (κ3) is 3.86. The van der Waals surface area contributed by atoms with Gasteiger partial charge in [-0.05, 0) is 30.7 Å². The molecule has 1 saturated carbocycles. The first kappa shape index (κ1) is 15.5. The Morgan fingerprint density at radius 3 is 2.65 bits per heavy atom. The van der Waals surface area contributed by atoms with Gasteiger partial charge in [-0.2, -0.15) is 0 Å². The number of carbonyl (C=O) groups is 1. The summed E-state index contributed by atoms with van der Waals surface area (Å²) in [6.07, 6.45) is 8.47. The van der Waals surface area contributed by atoms with E-state index in [-0.39, 0.29) is 23.5 Å². The van der Waals surface area contributed by atoms with E-state index < -0.39 is 0 Å². The second-order valence-corrected chi connectivity index (χ2v) is 6.10. The van der Waals surface area contributed by atoms with E-state index in [1.165, 1.54) is 24.4 Å². The molecule has 0 aliphatic heterocycles. The van der Waals surface area contributed by atoms with E-state index in [4.69, 9.17) is 5.73 Å². The Bertz CT molecular complexity index is 659. The van der Waals surface area contributed by atoms with Gasteiger partial charge in [0.1, 0.15) is 0 Å². The predicted molar refractivity (Wildman–Crippen MR) is 89.8 cm³/mol. The first-order chi connectivity index (χ1) is 11.2. The maximum absolute atomic E-state index is 12.4. The first-order valence-corrected chi connectivity index (χ1v) is 8.15. The molecule has 2 atom stereocenters. The molecule has 0 spiro atoms. The lowest BCUT2D eigenvalue weighted by molar-refractivity contribution is 0.0901. The number of benzene rings is 1. The molecule has 23 heavy (non-hydrogen) atoms. The fourth-order valence-electron chi connectivity index (χ4n) is 3.32. The summed E-state index contributed by atoms with van der Waals surface area (Å²) in [6.45, 7) is 0. The molecule has 1 aliphatic rings. The van der Waals surface area contributed by atoms with Crippen molar-refractivity contribution in [3.05, 3.63) is 54.0 Å². The van der Waals surface area contributed by atoms with Gasteiger partial charge in [-0.3, -0.25) is 4.79 Å². The summed E-state index contributed by atoms with van der Waals surface area (Å²) in [6, 6.07) is 10.6. The minimum Gasteiger partial charge on any atom is -0.382 e. The number of amides is 1. The predicted octanol–water partition coefficient (Wildman–Crippen LogP) is 2.59. The van der Waals surface area contributed by atoms with Crippen LogP contribution in [0.2, 0.25) is 0 Å². The molecule has 1 heterocycles. The molecule has 5 heteroatoms. The SMILES string of the molecule is Nc1nccnc1C(=O)NC1CCCCC1Cc1ccccc1. The van der Waals surface area contributed by atoms with Crippen LogP contribution >= 0.6 is 0 Å². The third-order valence-electron chi connectivity index (χ3n) is 4.51. The van der Waals surface area contributed by atoms with E-state index in [0.717, 1.165) is 25.7 Å². The lowest BCUT2D eigenvalue weighted by atomic mass is 9.80. The van der Waals surface area contributed by atoms with E-state index in [1.54, 1.807) is 0 Å². The van der Waals surface area contributed by atoms with Crippen LogP contribution in [0.1, 0.15) is 41.7 Å². The topological polar surface area (TPSA) is 80.9 Å². The van der Waals surface area contributed by atoms with Gasteiger partial charge in [-0.25, -0.2) is 9.97 Å². The van der Waals surface area contributed by atoms with Crippen LogP contribution in [0.15, 0.2) is 42.7 Å². The molecular weight excluding hydrogens is 288 g/mol. The molecular formula is C18H22N4O. The fourth-order valence-corrected chi connectivity index (χ4v) is 3.32. The van der Waals surface area contributed by atoms with Gasteiger partial charge in [-0.15, -0.1) is 0 Å². The van der Waals surface area contributed by atoms with Gasteiger partial charge in [0.05, 0.1) is 0 Å². The van der Waals surface area contributed by atoms with Gasteiger partial charge in [0.15, 0.2) is 11.5 Å². The Labute approximate surface area is 136 Å². The van der Waals surface area contributed by atoms with Crippen LogP contribution in [-0.2, 0) is 6.42 Å². The minimum atomic E-state index is -0.222. The highest BCUT2D eigenvalue weighted by Crippen LogP contribution is 2.28. The van der Waals surface area contributed by atoms with Gasteiger partial charge < -0.3 is 11.1 Å². The van der Waals surface area contributed by atoms with Gasteiger partial charge in [0.2, 0.25) is 0 Å². The third-order valence-corrected chi connectivity index (χ3v) is 4.51. The summed E-state index contributed by atoms with van der Waals surface area (Å²) in [5.41, 5.74) is 7.29. The Balaban J connectivity index is 1.69. The Kier molecular flexibility index (Phi) is 4.86. The average molecular weight is 310 g/mol. The summed E-state index contributed by atoms with van der Waals surface area (Å²) < 4.78 is 0. The normalized spacial score (nSPS) is 20.9. The van der Waals surface area contributed by atoms with E-state index in [1.807, 2.05) is 6.07 Å². The van der Waals surface area contributed by atoms with Gasteiger partial charge >= 0.3 is 0 Å². The first-order valence-electron chi connectivity index (χ1n) is 8.15. The van der Waals surface area contributed by atoms with Gasteiger partial charge in [0.25, 0.3) is 5.91 Å². The Morgan fingerprint density at radius 1 is 1.13 bits per heavy atom. The van der Waals surface area contributed by atoms with Crippen molar-refractivity contribution in [1.82, 2.24) is 15.3 Å². The smallest absolute Gasteiger partial charge is 0.273 e. The molecule has 2 unspecified atom stereocenters. The largest absolute Gasteiger partial charge is 0.382 e. The second kappa shape index (κ2) is 7.22. The number of rotatable bonds is 4. The maximum atomic E-state index is 12.4.